The van der Waals surface area contributed by atoms with Crippen molar-refractivity contribution in [2.45, 2.75) is 13.8 Å². The van der Waals surface area contributed by atoms with Gasteiger partial charge in [0.25, 0.3) is 0 Å². The molecule has 0 aliphatic heterocycles. The van der Waals surface area contributed by atoms with Gasteiger partial charge in [0.15, 0.2) is 18.2 Å². The number of rotatable bonds is 7. The number of phenolic OH excluding ortho intramolecular Hbond substituents is 2. The molecule has 0 amide bonds. The summed E-state index contributed by atoms with van der Waals surface area (Å²) in [6.07, 6.45) is 0. The van der Waals surface area contributed by atoms with Crippen molar-refractivity contribution in [2.24, 2.45) is 0 Å². The van der Waals surface area contributed by atoms with Crippen LogP contribution in [0.3, 0.4) is 0 Å². The molecule has 0 bridgehead atoms. The predicted octanol–water partition coefficient (Wildman–Crippen LogP) is 4.31. The van der Waals surface area contributed by atoms with Crippen molar-refractivity contribution < 1.29 is 39.2 Å². The van der Waals surface area contributed by atoms with E-state index in [0.717, 1.165) is 0 Å². The SMILES string of the molecule is C=C(C)C(=O)O.C=C(C)C(=O)OCC(=O)c1cccc(O)c1.O=C(CBr)c1cccc(O)c1. The van der Waals surface area contributed by atoms with Gasteiger partial charge < -0.3 is 20.1 Å². The number of carbonyl (C=O) groups excluding carboxylic acids is 3. The van der Waals surface area contributed by atoms with Gasteiger partial charge in [-0.2, -0.15) is 0 Å². The molecule has 0 spiro atoms. The number of aromatic hydroxyl groups is 2. The molecule has 0 saturated heterocycles. The minimum Gasteiger partial charge on any atom is -0.508 e. The van der Waals surface area contributed by atoms with Crippen molar-refractivity contribution in [3.05, 3.63) is 84.0 Å². The molecule has 2 aromatic carbocycles. The van der Waals surface area contributed by atoms with E-state index in [9.17, 15) is 19.2 Å². The molecule has 0 aliphatic rings. The summed E-state index contributed by atoms with van der Waals surface area (Å²) in [6.45, 7) is 9.14. The largest absolute Gasteiger partial charge is 0.508 e. The Labute approximate surface area is 200 Å². The first-order chi connectivity index (χ1) is 15.4. The van der Waals surface area contributed by atoms with E-state index < -0.39 is 11.9 Å². The van der Waals surface area contributed by atoms with E-state index in [1.54, 1.807) is 18.2 Å². The Morgan fingerprint density at radius 2 is 1.27 bits per heavy atom. The number of ketones is 2. The molecule has 0 aromatic heterocycles. The second-order valence-corrected chi connectivity index (χ2v) is 7.08. The highest BCUT2D eigenvalue weighted by Crippen LogP contribution is 2.12. The van der Waals surface area contributed by atoms with Crippen LogP contribution in [0.1, 0.15) is 34.6 Å². The maximum atomic E-state index is 11.5. The number of benzene rings is 2. The number of ether oxygens (including phenoxy) is 1. The van der Waals surface area contributed by atoms with Gasteiger partial charge in [0.05, 0.1) is 5.33 Å². The van der Waals surface area contributed by atoms with Crippen LogP contribution in [-0.4, -0.2) is 50.8 Å². The van der Waals surface area contributed by atoms with Crippen molar-refractivity contribution in [3.63, 3.8) is 0 Å². The Balaban J connectivity index is 0.000000520. The van der Waals surface area contributed by atoms with Gasteiger partial charge in [0.2, 0.25) is 0 Å². The van der Waals surface area contributed by atoms with Crippen LogP contribution < -0.4 is 0 Å². The number of esters is 1. The fourth-order valence-corrected chi connectivity index (χ4v) is 2.10. The van der Waals surface area contributed by atoms with E-state index in [-0.39, 0.29) is 46.1 Å². The van der Waals surface area contributed by atoms with Gasteiger partial charge in [-0.05, 0) is 38.1 Å². The topological polar surface area (TPSA) is 138 Å². The minimum absolute atomic E-state index is 0.00271. The lowest BCUT2D eigenvalue weighted by Gasteiger charge is -2.03. The molecule has 3 N–H and O–H groups in total. The molecule has 9 heteroatoms. The lowest BCUT2D eigenvalue weighted by Crippen LogP contribution is -2.14. The Hall–Kier alpha value is -3.72. The van der Waals surface area contributed by atoms with Crippen LogP contribution >= 0.6 is 15.9 Å². The molecule has 8 nitrogen and oxygen atoms in total. The average molecular weight is 521 g/mol. The number of carboxylic acid groups (broad SMARTS) is 1. The summed E-state index contributed by atoms with van der Waals surface area (Å²) in [6, 6.07) is 12.1. The first-order valence-corrected chi connectivity index (χ1v) is 10.4. The number of phenols is 2. The predicted molar refractivity (Wildman–Crippen MR) is 127 cm³/mol. The summed E-state index contributed by atoms with van der Waals surface area (Å²) < 4.78 is 4.69. The number of hydrogen-bond donors (Lipinski definition) is 3. The molecule has 0 atom stereocenters. The molecule has 176 valence electrons. The second-order valence-electron chi connectivity index (χ2n) is 6.52. The molecule has 0 fully saturated rings. The van der Waals surface area contributed by atoms with Crippen molar-refractivity contribution in [1.82, 2.24) is 0 Å². The van der Waals surface area contributed by atoms with E-state index in [0.29, 0.717) is 11.1 Å². The number of carboxylic acids is 1. The van der Waals surface area contributed by atoms with Crippen LogP contribution in [0.25, 0.3) is 0 Å². The van der Waals surface area contributed by atoms with E-state index in [1.807, 2.05) is 0 Å². The third-order valence-corrected chi connectivity index (χ3v) is 4.01. The van der Waals surface area contributed by atoms with Crippen LogP contribution in [0.4, 0.5) is 0 Å². The molecule has 2 rings (SSSR count). The van der Waals surface area contributed by atoms with Gasteiger partial charge >= 0.3 is 11.9 Å². The standard InChI is InChI=1S/C12H12O4.C8H7BrO2.C4H6O2/c1-8(2)12(15)16-7-11(14)9-4-3-5-10(13)6-9;9-5-8(11)6-2-1-3-7(10)4-6;1-3(2)4(5)6/h3-6,13H,1,7H2,2H3;1-4,10H,5H2;1H2,2H3,(H,5,6). The molecule has 33 heavy (non-hydrogen) atoms. The number of alkyl halides is 1. The smallest absolute Gasteiger partial charge is 0.333 e. The highest BCUT2D eigenvalue weighted by molar-refractivity contribution is 9.09. The van der Waals surface area contributed by atoms with Crippen molar-refractivity contribution >= 4 is 39.4 Å². The molecule has 0 heterocycles. The van der Waals surface area contributed by atoms with E-state index in [1.165, 1.54) is 44.2 Å². The summed E-state index contributed by atoms with van der Waals surface area (Å²) in [7, 11) is 0. The molecular weight excluding hydrogens is 496 g/mol. The number of Topliss-reactive ketones (excluding diaryl/α,β-unsaturated/α-hetero) is 2. The first-order valence-electron chi connectivity index (χ1n) is 9.30. The summed E-state index contributed by atoms with van der Waals surface area (Å²) >= 11 is 3.04. The molecule has 2 aromatic rings. The lowest BCUT2D eigenvalue weighted by atomic mass is 10.1. The zero-order valence-corrected chi connectivity index (χ0v) is 19.8. The third-order valence-electron chi connectivity index (χ3n) is 3.51. The van der Waals surface area contributed by atoms with Gasteiger partial charge in [-0.1, -0.05) is 53.4 Å². The van der Waals surface area contributed by atoms with Crippen molar-refractivity contribution in [3.8, 4) is 11.5 Å². The maximum absolute atomic E-state index is 11.5. The number of carbonyl (C=O) groups is 4. The summed E-state index contributed by atoms with van der Waals surface area (Å²) in [5.41, 5.74) is 1.25. The van der Waals surface area contributed by atoms with E-state index >= 15 is 0 Å². The van der Waals surface area contributed by atoms with Gasteiger partial charge in [-0.15, -0.1) is 0 Å². The maximum Gasteiger partial charge on any atom is 0.333 e. The fraction of sp³-hybridized carbons (Fsp3) is 0.167. The molecular formula is C24H25BrO8. The Morgan fingerprint density at radius 3 is 1.61 bits per heavy atom. The molecule has 0 saturated carbocycles. The van der Waals surface area contributed by atoms with Crippen molar-refractivity contribution in [1.29, 1.82) is 0 Å². The Kier molecular flexibility index (Phi) is 13.4. The quantitative estimate of drug-likeness (QED) is 0.212. The Bertz CT molecular complexity index is 1010. The summed E-state index contributed by atoms with van der Waals surface area (Å²) in [4.78, 5) is 43.1. The molecule has 0 unspecified atom stereocenters. The summed E-state index contributed by atoms with van der Waals surface area (Å²) in [5.74, 6) is -1.82. The van der Waals surface area contributed by atoms with Crippen LogP contribution in [0.15, 0.2) is 72.8 Å². The average Bonchev–Trinajstić information content (AvgIpc) is 2.77. The van der Waals surface area contributed by atoms with Gasteiger partial charge in [-0.25, -0.2) is 9.59 Å². The highest BCUT2D eigenvalue weighted by atomic mass is 79.9. The fourth-order valence-electron chi connectivity index (χ4n) is 1.77. The zero-order valence-electron chi connectivity index (χ0n) is 18.2. The highest BCUT2D eigenvalue weighted by Gasteiger charge is 2.10. The normalized spacial score (nSPS) is 9.18. The van der Waals surface area contributed by atoms with E-state index in [2.05, 4.69) is 33.8 Å². The minimum atomic E-state index is -0.935. The molecule has 0 radical (unpaired) electrons. The second kappa shape index (κ2) is 15.1. The number of aliphatic carboxylic acids is 1. The van der Waals surface area contributed by atoms with E-state index in [4.69, 9.17) is 15.3 Å². The van der Waals surface area contributed by atoms with Crippen molar-refractivity contribution in [2.75, 3.05) is 11.9 Å². The van der Waals surface area contributed by atoms with Gasteiger partial charge in [0.1, 0.15) is 11.5 Å². The first kappa shape index (κ1) is 29.3. The van der Waals surface area contributed by atoms with Crippen LogP contribution in [0, 0.1) is 0 Å². The number of halogens is 1. The third kappa shape index (κ3) is 12.7. The van der Waals surface area contributed by atoms with Crippen LogP contribution in [-0.2, 0) is 14.3 Å². The van der Waals surface area contributed by atoms with Gasteiger partial charge in [-0.3, -0.25) is 9.59 Å². The lowest BCUT2D eigenvalue weighted by molar-refractivity contribution is -0.137. The monoisotopic (exact) mass is 520 g/mol. The van der Waals surface area contributed by atoms with Crippen LogP contribution in [0.5, 0.6) is 11.5 Å². The number of hydrogen-bond acceptors (Lipinski definition) is 7. The van der Waals surface area contributed by atoms with Gasteiger partial charge in [0, 0.05) is 22.3 Å². The summed E-state index contributed by atoms with van der Waals surface area (Å²) in [5, 5.41) is 26.3. The van der Waals surface area contributed by atoms with Crippen LogP contribution in [0.2, 0.25) is 0 Å². The molecule has 0 aliphatic carbocycles. The zero-order chi connectivity index (χ0) is 25.6. The Morgan fingerprint density at radius 1 is 0.848 bits per heavy atom.